The van der Waals surface area contributed by atoms with Gasteiger partial charge in [0.15, 0.2) is 0 Å². The van der Waals surface area contributed by atoms with Crippen molar-refractivity contribution in [3.63, 3.8) is 0 Å². The average Bonchev–Trinajstić information content (AvgIpc) is 2.38. The molecule has 1 saturated carbocycles. The van der Waals surface area contributed by atoms with Crippen LogP contribution in [0.1, 0.15) is 32.1 Å². The Morgan fingerprint density at radius 3 is 2.65 bits per heavy atom. The molecule has 0 spiro atoms. The number of amides is 2. The van der Waals surface area contributed by atoms with Crippen LogP contribution in [0.25, 0.3) is 0 Å². The second kappa shape index (κ2) is 8.31. The molecule has 5 heteroatoms. The summed E-state index contributed by atoms with van der Waals surface area (Å²) in [5, 5.41) is 2.75. The third kappa shape index (κ3) is 5.37. The Labute approximate surface area is 103 Å². The quantitative estimate of drug-likeness (QED) is 0.570. The standard InChI is InChI=1S/C12H24N2O3/c1-14(11-6-4-3-5-7-11)12(15)13-10-17-9-8-16-2/h11H,3-10H2,1-2H3,(H,13,15). The molecule has 2 amide bonds. The molecule has 17 heavy (non-hydrogen) atoms. The van der Waals surface area contributed by atoms with Crippen LogP contribution in [0.5, 0.6) is 0 Å². The molecule has 0 radical (unpaired) electrons. The van der Waals surface area contributed by atoms with Crippen molar-refractivity contribution in [2.24, 2.45) is 0 Å². The summed E-state index contributed by atoms with van der Waals surface area (Å²) in [6.07, 6.45) is 5.99. The minimum absolute atomic E-state index is 0.0469. The second-order valence-corrected chi connectivity index (χ2v) is 4.43. The highest BCUT2D eigenvalue weighted by Crippen LogP contribution is 2.21. The Kier molecular flexibility index (Phi) is 6.96. The normalized spacial score (nSPS) is 16.8. The number of rotatable bonds is 6. The molecule has 1 N–H and O–H groups in total. The van der Waals surface area contributed by atoms with Crippen LogP contribution in [0.15, 0.2) is 0 Å². The van der Waals surface area contributed by atoms with E-state index >= 15 is 0 Å². The van der Waals surface area contributed by atoms with E-state index < -0.39 is 0 Å². The van der Waals surface area contributed by atoms with Crippen molar-refractivity contribution in [3.05, 3.63) is 0 Å². The molecular formula is C12H24N2O3. The van der Waals surface area contributed by atoms with Crippen molar-refractivity contribution < 1.29 is 14.3 Å². The fraction of sp³-hybridized carbons (Fsp3) is 0.917. The first-order chi connectivity index (χ1) is 8.25. The predicted molar refractivity (Wildman–Crippen MR) is 65.9 cm³/mol. The van der Waals surface area contributed by atoms with E-state index in [1.54, 1.807) is 12.0 Å². The summed E-state index contributed by atoms with van der Waals surface area (Å²) in [5.41, 5.74) is 0. The first kappa shape index (κ1) is 14.3. The second-order valence-electron chi connectivity index (χ2n) is 4.43. The van der Waals surface area contributed by atoms with Crippen LogP contribution in [0.2, 0.25) is 0 Å². The van der Waals surface area contributed by atoms with E-state index in [1.807, 2.05) is 7.05 Å². The molecule has 0 unspecified atom stereocenters. The van der Waals surface area contributed by atoms with Crippen molar-refractivity contribution in [1.29, 1.82) is 0 Å². The van der Waals surface area contributed by atoms with Gasteiger partial charge in [-0.2, -0.15) is 0 Å². The number of carbonyl (C=O) groups is 1. The lowest BCUT2D eigenvalue weighted by Gasteiger charge is -2.31. The number of urea groups is 1. The maximum absolute atomic E-state index is 11.8. The van der Waals surface area contributed by atoms with Crippen LogP contribution in [-0.4, -0.2) is 51.1 Å². The summed E-state index contributed by atoms with van der Waals surface area (Å²) in [6.45, 7) is 1.30. The van der Waals surface area contributed by atoms with Gasteiger partial charge in [-0.15, -0.1) is 0 Å². The minimum atomic E-state index is -0.0469. The van der Waals surface area contributed by atoms with E-state index in [1.165, 1.54) is 19.3 Å². The van der Waals surface area contributed by atoms with Crippen LogP contribution in [0, 0.1) is 0 Å². The molecule has 0 aliphatic heterocycles. The van der Waals surface area contributed by atoms with Crippen LogP contribution in [0.3, 0.4) is 0 Å². The van der Waals surface area contributed by atoms with E-state index in [9.17, 15) is 4.79 Å². The molecular weight excluding hydrogens is 220 g/mol. The molecule has 0 bridgehead atoms. The maximum atomic E-state index is 11.8. The Bertz CT molecular complexity index is 218. The number of nitrogens with one attached hydrogen (secondary N) is 1. The SMILES string of the molecule is COCCOCNC(=O)N(C)C1CCCCC1. The molecule has 0 aromatic carbocycles. The number of hydrogen-bond acceptors (Lipinski definition) is 3. The lowest BCUT2D eigenvalue weighted by Crippen LogP contribution is -2.45. The predicted octanol–water partition coefficient (Wildman–Crippen LogP) is 1.58. The zero-order chi connectivity index (χ0) is 12.5. The lowest BCUT2D eigenvalue weighted by molar-refractivity contribution is 0.0607. The van der Waals surface area contributed by atoms with Crippen molar-refractivity contribution in [1.82, 2.24) is 10.2 Å². The molecule has 0 aromatic rings. The summed E-state index contributed by atoms with van der Waals surface area (Å²) in [5.74, 6) is 0. The van der Waals surface area contributed by atoms with Gasteiger partial charge >= 0.3 is 6.03 Å². The first-order valence-electron chi connectivity index (χ1n) is 6.33. The molecule has 0 atom stereocenters. The minimum Gasteiger partial charge on any atom is -0.382 e. The van der Waals surface area contributed by atoms with Crippen molar-refractivity contribution >= 4 is 6.03 Å². The zero-order valence-electron chi connectivity index (χ0n) is 10.9. The van der Waals surface area contributed by atoms with Gasteiger partial charge in [-0.1, -0.05) is 19.3 Å². The lowest BCUT2D eigenvalue weighted by atomic mass is 9.95. The summed E-state index contributed by atoms with van der Waals surface area (Å²) >= 11 is 0. The van der Waals surface area contributed by atoms with E-state index in [0.717, 1.165) is 12.8 Å². The summed E-state index contributed by atoms with van der Waals surface area (Å²) in [7, 11) is 3.49. The van der Waals surface area contributed by atoms with E-state index in [-0.39, 0.29) is 12.8 Å². The van der Waals surface area contributed by atoms with Crippen molar-refractivity contribution in [2.45, 2.75) is 38.1 Å². The Hall–Kier alpha value is -0.810. The Morgan fingerprint density at radius 2 is 2.00 bits per heavy atom. The van der Waals surface area contributed by atoms with Gasteiger partial charge in [0.05, 0.1) is 13.2 Å². The molecule has 1 aliphatic carbocycles. The molecule has 100 valence electrons. The highest BCUT2D eigenvalue weighted by atomic mass is 16.5. The van der Waals surface area contributed by atoms with Gasteiger partial charge in [-0.05, 0) is 12.8 Å². The largest absolute Gasteiger partial charge is 0.382 e. The topological polar surface area (TPSA) is 50.8 Å². The van der Waals surface area contributed by atoms with Crippen LogP contribution < -0.4 is 5.32 Å². The third-order valence-corrected chi connectivity index (χ3v) is 3.20. The number of nitrogens with zero attached hydrogens (tertiary/aromatic N) is 1. The van der Waals surface area contributed by atoms with Gasteiger partial charge in [-0.3, -0.25) is 0 Å². The van der Waals surface area contributed by atoms with Crippen LogP contribution >= 0.6 is 0 Å². The zero-order valence-corrected chi connectivity index (χ0v) is 10.9. The van der Waals surface area contributed by atoms with Crippen molar-refractivity contribution in [3.8, 4) is 0 Å². The van der Waals surface area contributed by atoms with E-state index in [0.29, 0.717) is 19.3 Å². The number of hydrogen-bond donors (Lipinski definition) is 1. The smallest absolute Gasteiger partial charge is 0.319 e. The summed E-state index contributed by atoms with van der Waals surface area (Å²) < 4.78 is 10.0. The maximum Gasteiger partial charge on any atom is 0.319 e. The number of ether oxygens (including phenoxy) is 2. The molecule has 5 nitrogen and oxygen atoms in total. The van der Waals surface area contributed by atoms with Gasteiger partial charge in [0.25, 0.3) is 0 Å². The van der Waals surface area contributed by atoms with E-state index in [4.69, 9.17) is 9.47 Å². The fourth-order valence-corrected chi connectivity index (χ4v) is 2.09. The molecule has 0 aromatic heterocycles. The number of methoxy groups -OCH3 is 1. The third-order valence-electron chi connectivity index (χ3n) is 3.20. The van der Waals surface area contributed by atoms with Gasteiger partial charge in [0.2, 0.25) is 0 Å². The van der Waals surface area contributed by atoms with Gasteiger partial charge in [-0.25, -0.2) is 4.79 Å². The van der Waals surface area contributed by atoms with Gasteiger partial charge in [0.1, 0.15) is 6.73 Å². The Balaban J connectivity index is 2.13. The molecule has 1 rings (SSSR count). The summed E-state index contributed by atoms with van der Waals surface area (Å²) in [6, 6.07) is 0.344. The summed E-state index contributed by atoms with van der Waals surface area (Å²) in [4.78, 5) is 13.6. The number of carbonyl (C=O) groups excluding carboxylic acids is 1. The van der Waals surface area contributed by atoms with Crippen LogP contribution in [0.4, 0.5) is 4.79 Å². The fourth-order valence-electron chi connectivity index (χ4n) is 2.09. The molecule has 1 aliphatic rings. The molecule has 0 saturated heterocycles. The van der Waals surface area contributed by atoms with Crippen molar-refractivity contribution in [2.75, 3.05) is 34.1 Å². The van der Waals surface area contributed by atoms with Gasteiger partial charge < -0.3 is 19.7 Å². The molecule has 0 heterocycles. The highest BCUT2D eigenvalue weighted by Gasteiger charge is 2.21. The first-order valence-corrected chi connectivity index (χ1v) is 6.33. The van der Waals surface area contributed by atoms with E-state index in [2.05, 4.69) is 5.32 Å². The highest BCUT2D eigenvalue weighted by molar-refractivity contribution is 5.74. The average molecular weight is 244 g/mol. The Morgan fingerprint density at radius 1 is 1.29 bits per heavy atom. The van der Waals surface area contributed by atoms with Crippen LogP contribution in [-0.2, 0) is 9.47 Å². The molecule has 1 fully saturated rings. The monoisotopic (exact) mass is 244 g/mol. The van der Waals surface area contributed by atoms with Gasteiger partial charge in [0, 0.05) is 20.2 Å².